The van der Waals surface area contributed by atoms with Gasteiger partial charge in [-0.05, 0) is 32.0 Å². The zero-order valence-corrected chi connectivity index (χ0v) is 12.8. The summed E-state index contributed by atoms with van der Waals surface area (Å²) in [6.45, 7) is 2.54. The molecule has 0 radical (unpaired) electrons. The van der Waals surface area contributed by atoms with E-state index in [2.05, 4.69) is 15.7 Å². The van der Waals surface area contributed by atoms with E-state index in [0.717, 1.165) is 12.6 Å². The lowest BCUT2D eigenvalue weighted by Gasteiger charge is -2.19. The number of urea groups is 1. The molecule has 0 fully saturated rings. The normalized spacial score (nSPS) is 13.2. The highest BCUT2D eigenvalue weighted by Gasteiger charge is 2.30. The van der Waals surface area contributed by atoms with Crippen molar-refractivity contribution in [1.29, 1.82) is 0 Å². The second kappa shape index (κ2) is 6.49. The van der Waals surface area contributed by atoms with Crippen LogP contribution in [0.1, 0.15) is 12.6 Å². The Labute approximate surface area is 132 Å². The Hall–Kier alpha value is -2.87. The number of carboxylic acid groups (broad SMARTS) is 1. The summed E-state index contributed by atoms with van der Waals surface area (Å²) in [5.41, 5.74) is -0.0266. The molecule has 1 aromatic heterocycles. The van der Waals surface area contributed by atoms with Crippen LogP contribution in [0.25, 0.3) is 5.69 Å². The maximum atomic E-state index is 11.9. The van der Waals surface area contributed by atoms with Crippen molar-refractivity contribution in [1.82, 2.24) is 15.1 Å². The lowest BCUT2D eigenvalue weighted by atomic mass is 10.1. The van der Waals surface area contributed by atoms with Crippen molar-refractivity contribution in [3.05, 3.63) is 42.2 Å². The molecule has 2 aromatic rings. The SMILES string of the molecule is Cc1ccn(-c2ccccc2NC(=O)NCC(C)(O)C(=O)O)n1. The van der Waals surface area contributed by atoms with Crippen molar-refractivity contribution in [2.75, 3.05) is 11.9 Å². The van der Waals surface area contributed by atoms with Crippen LogP contribution in [0, 0.1) is 6.92 Å². The Morgan fingerprint density at radius 2 is 2.00 bits per heavy atom. The predicted octanol–water partition coefficient (Wildman–Crippen LogP) is 1.14. The van der Waals surface area contributed by atoms with Crippen molar-refractivity contribution in [3.8, 4) is 5.69 Å². The zero-order valence-electron chi connectivity index (χ0n) is 12.8. The molecule has 0 aliphatic rings. The first-order valence-electron chi connectivity index (χ1n) is 6.92. The summed E-state index contributed by atoms with van der Waals surface area (Å²) in [6.07, 6.45) is 1.77. The smallest absolute Gasteiger partial charge is 0.337 e. The van der Waals surface area contributed by atoms with Crippen molar-refractivity contribution in [3.63, 3.8) is 0 Å². The molecule has 23 heavy (non-hydrogen) atoms. The minimum atomic E-state index is -2.03. The molecule has 0 aliphatic carbocycles. The summed E-state index contributed by atoms with van der Waals surface area (Å²) in [5, 5.41) is 27.6. The fraction of sp³-hybridized carbons (Fsp3) is 0.267. The lowest BCUT2D eigenvalue weighted by molar-refractivity contribution is -0.155. The summed E-state index contributed by atoms with van der Waals surface area (Å²) >= 11 is 0. The van der Waals surface area contributed by atoms with Gasteiger partial charge in [0.05, 0.1) is 23.6 Å². The van der Waals surface area contributed by atoms with E-state index in [9.17, 15) is 14.7 Å². The molecule has 0 spiro atoms. The molecule has 8 nitrogen and oxygen atoms in total. The number of para-hydroxylation sites is 2. The maximum Gasteiger partial charge on any atom is 0.337 e. The molecule has 0 aliphatic heterocycles. The number of rotatable bonds is 5. The van der Waals surface area contributed by atoms with Crippen LogP contribution in [0.5, 0.6) is 0 Å². The van der Waals surface area contributed by atoms with Crippen LogP contribution in [-0.2, 0) is 4.79 Å². The molecular formula is C15H18N4O4. The van der Waals surface area contributed by atoms with Gasteiger partial charge in [0.15, 0.2) is 5.60 Å². The number of aromatic nitrogens is 2. The van der Waals surface area contributed by atoms with Crippen LogP contribution >= 0.6 is 0 Å². The van der Waals surface area contributed by atoms with E-state index < -0.39 is 24.1 Å². The van der Waals surface area contributed by atoms with Gasteiger partial charge in [-0.3, -0.25) is 0 Å². The highest BCUT2D eigenvalue weighted by Crippen LogP contribution is 2.19. The second-order valence-corrected chi connectivity index (χ2v) is 5.31. The Bertz CT molecular complexity index is 724. The quantitative estimate of drug-likeness (QED) is 0.659. The van der Waals surface area contributed by atoms with E-state index in [-0.39, 0.29) is 0 Å². The minimum absolute atomic E-state index is 0.419. The third kappa shape index (κ3) is 4.07. The molecule has 2 rings (SSSR count). The molecule has 0 saturated heterocycles. The standard InChI is InChI=1S/C15H18N4O4/c1-10-7-8-19(18-10)12-6-4-3-5-11(12)17-14(22)16-9-15(2,23)13(20)21/h3-8,23H,9H2,1-2H3,(H,20,21)(H2,16,17,22). The second-order valence-electron chi connectivity index (χ2n) is 5.31. The molecule has 122 valence electrons. The van der Waals surface area contributed by atoms with Crippen molar-refractivity contribution >= 4 is 17.7 Å². The van der Waals surface area contributed by atoms with Gasteiger partial charge in [0.25, 0.3) is 0 Å². The Kier molecular flexibility index (Phi) is 4.65. The average Bonchev–Trinajstić information content (AvgIpc) is 2.92. The number of carboxylic acids is 1. The first-order valence-corrected chi connectivity index (χ1v) is 6.92. The third-order valence-electron chi connectivity index (χ3n) is 3.18. The summed E-state index contributed by atoms with van der Waals surface area (Å²) in [7, 11) is 0. The number of aliphatic hydroxyl groups is 1. The summed E-state index contributed by atoms with van der Waals surface area (Å²) in [4.78, 5) is 22.7. The number of aliphatic carboxylic acids is 1. The lowest BCUT2D eigenvalue weighted by Crippen LogP contribution is -2.47. The first-order chi connectivity index (χ1) is 10.8. The molecule has 8 heteroatoms. The van der Waals surface area contributed by atoms with Crippen LogP contribution in [0.2, 0.25) is 0 Å². The van der Waals surface area contributed by atoms with Gasteiger partial charge in [-0.15, -0.1) is 0 Å². The minimum Gasteiger partial charge on any atom is -0.479 e. The Morgan fingerprint density at radius 1 is 1.30 bits per heavy atom. The summed E-state index contributed by atoms with van der Waals surface area (Å²) in [6, 6.07) is 8.26. The fourth-order valence-corrected chi connectivity index (χ4v) is 1.82. The molecule has 1 aromatic carbocycles. The number of hydrogen-bond acceptors (Lipinski definition) is 4. The number of carbonyl (C=O) groups excluding carboxylic acids is 1. The van der Waals surface area contributed by atoms with E-state index in [0.29, 0.717) is 11.4 Å². The Balaban J connectivity index is 2.09. The molecule has 1 heterocycles. The van der Waals surface area contributed by atoms with E-state index in [4.69, 9.17) is 5.11 Å². The van der Waals surface area contributed by atoms with Gasteiger partial charge in [-0.2, -0.15) is 5.10 Å². The molecular weight excluding hydrogens is 300 g/mol. The van der Waals surface area contributed by atoms with E-state index >= 15 is 0 Å². The van der Waals surface area contributed by atoms with Gasteiger partial charge in [0.1, 0.15) is 0 Å². The van der Waals surface area contributed by atoms with E-state index in [1.807, 2.05) is 19.1 Å². The van der Waals surface area contributed by atoms with Crippen molar-refractivity contribution in [2.24, 2.45) is 0 Å². The largest absolute Gasteiger partial charge is 0.479 e. The van der Waals surface area contributed by atoms with Gasteiger partial charge < -0.3 is 20.8 Å². The van der Waals surface area contributed by atoms with E-state index in [1.54, 1.807) is 29.1 Å². The fourth-order valence-electron chi connectivity index (χ4n) is 1.82. The number of benzene rings is 1. The number of hydrogen-bond donors (Lipinski definition) is 4. The van der Waals surface area contributed by atoms with E-state index in [1.165, 1.54) is 0 Å². The van der Waals surface area contributed by atoms with Crippen LogP contribution in [-0.4, -0.2) is 44.1 Å². The number of nitrogens with zero attached hydrogens (tertiary/aromatic N) is 2. The first kappa shape index (κ1) is 16.5. The highest BCUT2D eigenvalue weighted by molar-refractivity contribution is 5.92. The average molecular weight is 318 g/mol. The number of amides is 2. The zero-order chi connectivity index (χ0) is 17.0. The summed E-state index contributed by atoms with van der Waals surface area (Å²) in [5.74, 6) is -1.41. The third-order valence-corrected chi connectivity index (χ3v) is 3.18. The van der Waals surface area contributed by atoms with Crippen LogP contribution in [0.3, 0.4) is 0 Å². The van der Waals surface area contributed by atoms with Gasteiger partial charge in [-0.25, -0.2) is 14.3 Å². The van der Waals surface area contributed by atoms with Crippen LogP contribution in [0.15, 0.2) is 36.5 Å². The molecule has 0 bridgehead atoms. The number of nitrogens with one attached hydrogen (secondary N) is 2. The van der Waals surface area contributed by atoms with Gasteiger partial charge in [0.2, 0.25) is 0 Å². The number of aryl methyl sites for hydroxylation is 1. The molecule has 1 unspecified atom stereocenters. The highest BCUT2D eigenvalue weighted by atomic mass is 16.4. The molecule has 0 saturated carbocycles. The van der Waals surface area contributed by atoms with Gasteiger partial charge >= 0.3 is 12.0 Å². The number of anilines is 1. The topological polar surface area (TPSA) is 116 Å². The molecule has 2 amide bonds. The van der Waals surface area contributed by atoms with Gasteiger partial charge in [0, 0.05) is 6.20 Å². The summed E-state index contributed by atoms with van der Waals surface area (Å²) < 4.78 is 1.62. The molecule has 1 atom stereocenters. The van der Waals surface area contributed by atoms with Crippen LogP contribution < -0.4 is 10.6 Å². The Morgan fingerprint density at radius 3 is 2.61 bits per heavy atom. The predicted molar refractivity (Wildman–Crippen MR) is 83.6 cm³/mol. The molecule has 4 N–H and O–H groups in total. The van der Waals surface area contributed by atoms with Crippen molar-refractivity contribution < 1.29 is 19.8 Å². The van der Waals surface area contributed by atoms with Gasteiger partial charge in [-0.1, -0.05) is 12.1 Å². The number of carbonyl (C=O) groups is 2. The maximum absolute atomic E-state index is 11.9. The van der Waals surface area contributed by atoms with Crippen molar-refractivity contribution in [2.45, 2.75) is 19.4 Å². The monoisotopic (exact) mass is 318 g/mol. The van der Waals surface area contributed by atoms with Crippen LogP contribution in [0.4, 0.5) is 10.5 Å².